The molecule has 0 atom stereocenters. The average Bonchev–Trinajstić information content (AvgIpc) is 2.63. The van der Waals surface area contributed by atoms with E-state index in [9.17, 15) is 8.78 Å². The molecular formula is C10H10F2N4. The summed E-state index contributed by atoms with van der Waals surface area (Å²) in [6, 6.07) is 0.785. The van der Waals surface area contributed by atoms with Gasteiger partial charge in [0, 0.05) is 25.5 Å². The van der Waals surface area contributed by atoms with E-state index in [0.29, 0.717) is 6.54 Å². The lowest BCUT2D eigenvalue weighted by Gasteiger charge is -2.06. The second-order valence-corrected chi connectivity index (χ2v) is 3.29. The molecule has 0 aliphatic carbocycles. The third-order valence-corrected chi connectivity index (χ3v) is 2.14. The van der Waals surface area contributed by atoms with Crippen molar-refractivity contribution in [1.29, 1.82) is 0 Å². The standard InChI is InChI=1S/C10H10F2N4/c1-16-3-2-13-9(16)6-15-10-8(12)4-7(11)5-14-10/h2-5H,6H2,1H3,(H,14,15). The lowest BCUT2D eigenvalue weighted by molar-refractivity contribution is 0.575. The predicted octanol–water partition coefficient (Wildman–Crippen LogP) is 1.71. The smallest absolute Gasteiger partial charge is 0.168 e. The van der Waals surface area contributed by atoms with Crippen LogP contribution in [0.1, 0.15) is 5.82 Å². The molecule has 2 aromatic rings. The minimum atomic E-state index is -0.714. The van der Waals surface area contributed by atoms with Crippen LogP contribution in [0.5, 0.6) is 0 Å². The summed E-state index contributed by atoms with van der Waals surface area (Å²) in [6.45, 7) is 0.332. The average molecular weight is 224 g/mol. The molecule has 0 amide bonds. The van der Waals surface area contributed by atoms with Crippen LogP contribution in [0.25, 0.3) is 0 Å². The van der Waals surface area contributed by atoms with Gasteiger partial charge in [0.2, 0.25) is 0 Å². The van der Waals surface area contributed by atoms with Gasteiger partial charge in [0.25, 0.3) is 0 Å². The zero-order chi connectivity index (χ0) is 11.5. The minimum absolute atomic E-state index is 0.0180. The number of anilines is 1. The lowest BCUT2D eigenvalue weighted by atomic mass is 10.4. The monoisotopic (exact) mass is 224 g/mol. The van der Waals surface area contributed by atoms with Gasteiger partial charge in [-0.1, -0.05) is 0 Å². The van der Waals surface area contributed by atoms with Crippen LogP contribution in [0.3, 0.4) is 0 Å². The van der Waals surface area contributed by atoms with Gasteiger partial charge in [0.05, 0.1) is 12.7 Å². The number of rotatable bonds is 3. The second-order valence-electron chi connectivity index (χ2n) is 3.29. The maximum atomic E-state index is 13.2. The van der Waals surface area contributed by atoms with Crippen molar-refractivity contribution in [3.8, 4) is 0 Å². The Kier molecular flexibility index (Phi) is 2.80. The van der Waals surface area contributed by atoms with Crippen molar-refractivity contribution in [2.45, 2.75) is 6.54 Å². The van der Waals surface area contributed by atoms with Gasteiger partial charge >= 0.3 is 0 Å². The molecular weight excluding hydrogens is 214 g/mol. The molecule has 0 unspecified atom stereocenters. The first kappa shape index (κ1) is 10.5. The van der Waals surface area contributed by atoms with Gasteiger partial charge in [-0.15, -0.1) is 0 Å². The lowest BCUT2D eigenvalue weighted by Crippen LogP contribution is -2.08. The Morgan fingerprint density at radius 2 is 2.19 bits per heavy atom. The van der Waals surface area contributed by atoms with Gasteiger partial charge < -0.3 is 9.88 Å². The first-order chi connectivity index (χ1) is 7.66. The molecule has 0 aliphatic heterocycles. The van der Waals surface area contributed by atoms with Gasteiger partial charge in [-0.3, -0.25) is 0 Å². The zero-order valence-electron chi connectivity index (χ0n) is 8.61. The van der Waals surface area contributed by atoms with Crippen molar-refractivity contribution in [3.05, 3.63) is 42.1 Å². The molecule has 4 nitrogen and oxygen atoms in total. The summed E-state index contributed by atoms with van der Waals surface area (Å²) in [5, 5.41) is 2.75. The summed E-state index contributed by atoms with van der Waals surface area (Å²) in [4.78, 5) is 7.66. The molecule has 0 aromatic carbocycles. The van der Waals surface area contributed by atoms with Gasteiger partial charge in [-0.2, -0.15) is 0 Å². The summed E-state index contributed by atoms with van der Waals surface area (Å²) >= 11 is 0. The molecule has 2 rings (SSSR count). The highest BCUT2D eigenvalue weighted by Gasteiger charge is 2.06. The molecule has 84 valence electrons. The van der Waals surface area contributed by atoms with Gasteiger partial charge in [0.1, 0.15) is 11.6 Å². The van der Waals surface area contributed by atoms with Crippen LogP contribution in [0.4, 0.5) is 14.6 Å². The second kappa shape index (κ2) is 4.26. The first-order valence-corrected chi connectivity index (χ1v) is 4.68. The van der Waals surface area contributed by atoms with E-state index in [0.717, 1.165) is 18.1 Å². The van der Waals surface area contributed by atoms with Gasteiger partial charge in [-0.05, 0) is 0 Å². The molecule has 2 aromatic heterocycles. The molecule has 0 aliphatic rings. The highest BCUT2D eigenvalue weighted by molar-refractivity contribution is 5.35. The molecule has 0 radical (unpaired) electrons. The van der Waals surface area contributed by atoms with E-state index in [1.54, 1.807) is 17.0 Å². The van der Waals surface area contributed by atoms with Crippen LogP contribution in [-0.4, -0.2) is 14.5 Å². The largest absolute Gasteiger partial charge is 0.360 e. The quantitative estimate of drug-likeness (QED) is 0.863. The maximum absolute atomic E-state index is 13.2. The number of hydrogen-bond donors (Lipinski definition) is 1. The van der Waals surface area contributed by atoms with E-state index in [2.05, 4.69) is 15.3 Å². The molecule has 0 saturated heterocycles. The van der Waals surface area contributed by atoms with Crippen LogP contribution in [0.2, 0.25) is 0 Å². The molecule has 2 heterocycles. The van der Waals surface area contributed by atoms with E-state index in [4.69, 9.17) is 0 Å². The number of aromatic nitrogens is 3. The van der Waals surface area contributed by atoms with Crippen molar-refractivity contribution in [1.82, 2.24) is 14.5 Å². The third-order valence-electron chi connectivity index (χ3n) is 2.14. The number of nitrogens with one attached hydrogen (secondary N) is 1. The minimum Gasteiger partial charge on any atom is -0.360 e. The van der Waals surface area contributed by atoms with Gasteiger partial charge in [-0.25, -0.2) is 18.7 Å². The SMILES string of the molecule is Cn1ccnc1CNc1ncc(F)cc1F. The number of pyridine rings is 1. The van der Waals surface area contributed by atoms with Crippen LogP contribution in [0, 0.1) is 11.6 Å². The summed E-state index contributed by atoms with van der Waals surface area (Å²) in [5.41, 5.74) is 0. The first-order valence-electron chi connectivity index (χ1n) is 4.68. The molecule has 1 N–H and O–H groups in total. The maximum Gasteiger partial charge on any atom is 0.168 e. The highest BCUT2D eigenvalue weighted by atomic mass is 19.1. The van der Waals surface area contributed by atoms with Gasteiger partial charge in [0.15, 0.2) is 11.6 Å². The van der Waals surface area contributed by atoms with Crippen LogP contribution >= 0.6 is 0 Å². The number of hydrogen-bond acceptors (Lipinski definition) is 3. The fourth-order valence-electron chi connectivity index (χ4n) is 1.27. The van der Waals surface area contributed by atoms with E-state index >= 15 is 0 Å². The Morgan fingerprint density at radius 1 is 1.38 bits per heavy atom. The topological polar surface area (TPSA) is 42.7 Å². The zero-order valence-corrected chi connectivity index (χ0v) is 8.61. The van der Waals surface area contributed by atoms with Crippen molar-refractivity contribution in [3.63, 3.8) is 0 Å². The molecule has 16 heavy (non-hydrogen) atoms. The molecule has 6 heteroatoms. The highest BCUT2D eigenvalue weighted by Crippen LogP contribution is 2.11. The molecule has 0 bridgehead atoms. The molecule has 0 spiro atoms. The summed E-state index contributed by atoms with van der Waals surface area (Å²) < 4.78 is 27.6. The summed E-state index contributed by atoms with van der Waals surface area (Å²) in [5.74, 6) is -0.649. The Morgan fingerprint density at radius 3 is 2.81 bits per heavy atom. The van der Waals surface area contributed by atoms with E-state index in [1.807, 2.05) is 7.05 Å². The van der Waals surface area contributed by atoms with Crippen molar-refractivity contribution < 1.29 is 8.78 Å². The summed E-state index contributed by atoms with van der Waals surface area (Å²) in [7, 11) is 1.83. The summed E-state index contributed by atoms with van der Waals surface area (Å²) in [6.07, 6.45) is 4.39. The third kappa shape index (κ3) is 2.16. The van der Waals surface area contributed by atoms with Crippen molar-refractivity contribution in [2.75, 3.05) is 5.32 Å². The predicted molar refractivity (Wildman–Crippen MR) is 54.7 cm³/mol. The normalized spacial score (nSPS) is 10.4. The Hall–Kier alpha value is -1.98. The Labute approximate surface area is 91.0 Å². The Bertz CT molecular complexity index is 495. The number of halogens is 2. The van der Waals surface area contributed by atoms with Crippen LogP contribution < -0.4 is 5.32 Å². The fraction of sp³-hybridized carbons (Fsp3) is 0.200. The van der Waals surface area contributed by atoms with Crippen molar-refractivity contribution >= 4 is 5.82 Å². The van der Waals surface area contributed by atoms with Crippen LogP contribution in [0.15, 0.2) is 24.7 Å². The number of imidazole rings is 1. The Balaban J connectivity index is 2.08. The van der Waals surface area contributed by atoms with E-state index in [-0.39, 0.29) is 5.82 Å². The van der Waals surface area contributed by atoms with Crippen LogP contribution in [-0.2, 0) is 13.6 Å². The molecule has 0 saturated carbocycles. The van der Waals surface area contributed by atoms with E-state index in [1.165, 1.54) is 0 Å². The number of aryl methyl sites for hydroxylation is 1. The van der Waals surface area contributed by atoms with E-state index < -0.39 is 11.6 Å². The fourth-order valence-corrected chi connectivity index (χ4v) is 1.27. The molecule has 0 fully saturated rings. The van der Waals surface area contributed by atoms with Crippen molar-refractivity contribution in [2.24, 2.45) is 7.05 Å². The number of nitrogens with zero attached hydrogens (tertiary/aromatic N) is 3.